The highest BCUT2D eigenvalue weighted by atomic mass is 15.3. The smallest absolute Gasteiger partial charge is 0.133 e. The number of benzene rings is 3. The molecule has 128 valence electrons. The van der Waals surface area contributed by atoms with E-state index in [1.54, 1.807) is 0 Å². The zero-order valence-corrected chi connectivity index (χ0v) is 14.9. The normalized spacial score (nSPS) is 13.0. The van der Waals surface area contributed by atoms with E-state index in [9.17, 15) is 0 Å². The van der Waals surface area contributed by atoms with E-state index in [-0.39, 0.29) is 0 Å². The van der Waals surface area contributed by atoms with Crippen molar-refractivity contribution < 1.29 is 0 Å². The number of hydrogen-bond acceptors (Lipinski definition) is 2. The number of aryl methyl sites for hydroxylation is 1. The Kier molecular flexibility index (Phi) is 3.52. The van der Waals surface area contributed by atoms with Crippen molar-refractivity contribution in [1.29, 1.82) is 0 Å². The summed E-state index contributed by atoms with van der Waals surface area (Å²) in [4.78, 5) is 0. The summed E-state index contributed by atoms with van der Waals surface area (Å²) < 4.78 is 2.06. The first-order valence-electron chi connectivity index (χ1n) is 9.28. The van der Waals surface area contributed by atoms with Crippen molar-refractivity contribution in [2.75, 3.05) is 11.9 Å². The highest BCUT2D eigenvalue weighted by Crippen LogP contribution is 2.35. The van der Waals surface area contributed by atoms with Gasteiger partial charge in [0.2, 0.25) is 0 Å². The van der Waals surface area contributed by atoms with E-state index < -0.39 is 0 Å². The van der Waals surface area contributed by atoms with Gasteiger partial charge in [0.15, 0.2) is 0 Å². The van der Waals surface area contributed by atoms with Gasteiger partial charge in [-0.1, -0.05) is 55.5 Å². The molecule has 0 atom stereocenters. The van der Waals surface area contributed by atoms with Gasteiger partial charge >= 0.3 is 0 Å². The van der Waals surface area contributed by atoms with Crippen LogP contribution in [0, 0.1) is 0 Å². The maximum Gasteiger partial charge on any atom is 0.133 e. The molecular weight excluding hydrogens is 318 g/mol. The van der Waals surface area contributed by atoms with Gasteiger partial charge in [-0.25, -0.2) is 4.68 Å². The first kappa shape index (κ1) is 15.2. The van der Waals surface area contributed by atoms with Gasteiger partial charge in [0.25, 0.3) is 0 Å². The van der Waals surface area contributed by atoms with Gasteiger partial charge in [0.05, 0.1) is 11.4 Å². The van der Waals surface area contributed by atoms with Crippen LogP contribution in [0.4, 0.5) is 5.82 Å². The summed E-state index contributed by atoms with van der Waals surface area (Å²) in [6.45, 7) is 3.15. The Labute approximate surface area is 153 Å². The van der Waals surface area contributed by atoms with Crippen molar-refractivity contribution in [3.8, 4) is 16.9 Å². The van der Waals surface area contributed by atoms with Crippen LogP contribution < -0.4 is 5.32 Å². The number of nitrogens with zero attached hydrogens (tertiary/aromatic N) is 2. The molecule has 3 heteroatoms. The number of fused-ring (bicyclic) bond motifs is 2. The molecule has 4 aromatic rings. The lowest BCUT2D eigenvalue weighted by atomic mass is 10.0. The highest BCUT2D eigenvalue weighted by molar-refractivity contribution is 5.88. The number of rotatable bonds is 3. The van der Waals surface area contributed by atoms with Crippen LogP contribution in [-0.2, 0) is 12.8 Å². The Balaban J connectivity index is 1.65. The van der Waals surface area contributed by atoms with E-state index in [0.29, 0.717) is 0 Å². The first-order chi connectivity index (χ1) is 12.8. The lowest BCUT2D eigenvalue weighted by Gasteiger charge is -2.07. The molecule has 1 aliphatic rings. The van der Waals surface area contributed by atoms with E-state index in [0.717, 1.165) is 36.6 Å². The van der Waals surface area contributed by atoms with Crippen LogP contribution >= 0.6 is 0 Å². The minimum atomic E-state index is 0.973. The molecule has 0 amide bonds. The highest BCUT2D eigenvalue weighted by Gasteiger charge is 2.23. The van der Waals surface area contributed by atoms with Crippen molar-refractivity contribution in [3.05, 3.63) is 77.9 Å². The van der Waals surface area contributed by atoms with Gasteiger partial charge in [-0.3, -0.25) is 0 Å². The fourth-order valence-electron chi connectivity index (χ4n) is 3.80. The van der Waals surface area contributed by atoms with Gasteiger partial charge in [-0.15, -0.1) is 0 Å². The zero-order chi connectivity index (χ0) is 17.5. The number of aromatic nitrogens is 2. The van der Waals surface area contributed by atoms with Crippen LogP contribution in [0.5, 0.6) is 0 Å². The number of nitrogens with one attached hydrogen (secondary N) is 1. The molecule has 1 aliphatic heterocycles. The van der Waals surface area contributed by atoms with E-state index in [1.807, 2.05) is 0 Å². The zero-order valence-electron chi connectivity index (χ0n) is 14.9. The van der Waals surface area contributed by atoms with Gasteiger partial charge in [-0.05, 0) is 47.4 Å². The van der Waals surface area contributed by atoms with Crippen molar-refractivity contribution in [2.24, 2.45) is 0 Å². The van der Waals surface area contributed by atoms with Crippen molar-refractivity contribution in [2.45, 2.75) is 19.8 Å². The van der Waals surface area contributed by atoms with E-state index in [2.05, 4.69) is 83.7 Å². The SMILES string of the molecule is CCc1ccc(-n2nc(-c3ccc4ccccc4c3)c3c2NCC3)cc1. The van der Waals surface area contributed by atoms with Crippen LogP contribution in [-0.4, -0.2) is 16.3 Å². The van der Waals surface area contributed by atoms with E-state index in [4.69, 9.17) is 5.10 Å². The Morgan fingerprint density at radius 3 is 2.58 bits per heavy atom. The minimum Gasteiger partial charge on any atom is -0.369 e. The fraction of sp³-hybridized carbons (Fsp3) is 0.174. The second-order valence-corrected chi connectivity index (χ2v) is 6.85. The van der Waals surface area contributed by atoms with Crippen LogP contribution in [0.15, 0.2) is 66.7 Å². The second-order valence-electron chi connectivity index (χ2n) is 6.85. The Morgan fingerprint density at radius 1 is 0.962 bits per heavy atom. The summed E-state index contributed by atoms with van der Waals surface area (Å²) >= 11 is 0. The van der Waals surface area contributed by atoms with Crippen LogP contribution in [0.2, 0.25) is 0 Å². The molecule has 2 heterocycles. The third kappa shape index (κ3) is 2.39. The molecule has 0 saturated carbocycles. The molecule has 0 spiro atoms. The summed E-state index contributed by atoms with van der Waals surface area (Å²) in [6.07, 6.45) is 2.07. The Hall–Kier alpha value is -3.07. The monoisotopic (exact) mass is 339 g/mol. The number of hydrogen-bond donors (Lipinski definition) is 1. The van der Waals surface area contributed by atoms with Crippen molar-refractivity contribution in [3.63, 3.8) is 0 Å². The maximum absolute atomic E-state index is 4.99. The summed E-state index contributed by atoms with van der Waals surface area (Å²) in [5.74, 6) is 1.14. The van der Waals surface area contributed by atoms with Gasteiger partial charge in [-0.2, -0.15) is 5.10 Å². The predicted molar refractivity (Wildman–Crippen MR) is 108 cm³/mol. The quantitative estimate of drug-likeness (QED) is 0.554. The predicted octanol–water partition coefficient (Wildman–Crippen LogP) is 5.22. The first-order valence-corrected chi connectivity index (χ1v) is 9.28. The van der Waals surface area contributed by atoms with E-state index >= 15 is 0 Å². The molecule has 3 aromatic carbocycles. The summed E-state index contributed by atoms with van der Waals surface area (Å²) in [5.41, 5.74) is 6.06. The van der Waals surface area contributed by atoms with Gasteiger partial charge in [0.1, 0.15) is 5.82 Å². The topological polar surface area (TPSA) is 29.9 Å². The molecule has 0 radical (unpaired) electrons. The summed E-state index contributed by atoms with van der Waals surface area (Å²) in [6, 6.07) is 23.8. The Bertz CT molecular complexity index is 1090. The van der Waals surface area contributed by atoms with Gasteiger partial charge in [0, 0.05) is 17.7 Å². The summed E-state index contributed by atoms with van der Waals surface area (Å²) in [7, 11) is 0. The average Bonchev–Trinajstić information content (AvgIpc) is 3.30. The molecule has 5 rings (SSSR count). The molecule has 0 saturated heterocycles. The second kappa shape index (κ2) is 6.03. The molecule has 3 nitrogen and oxygen atoms in total. The fourth-order valence-corrected chi connectivity index (χ4v) is 3.80. The largest absolute Gasteiger partial charge is 0.369 e. The van der Waals surface area contributed by atoms with Crippen molar-refractivity contribution in [1.82, 2.24) is 9.78 Å². The standard InChI is InChI=1S/C23H21N3/c1-2-16-7-11-20(12-8-16)26-23-21(13-14-24-23)22(25-26)19-10-9-17-5-3-4-6-18(17)15-19/h3-12,15,24H,2,13-14H2,1H3. The van der Waals surface area contributed by atoms with Crippen LogP contribution in [0.1, 0.15) is 18.1 Å². The molecule has 26 heavy (non-hydrogen) atoms. The third-order valence-corrected chi connectivity index (χ3v) is 5.26. The molecule has 0 fully saturated rings. The van der Waals surface area contributed by atoms with Crippen LogP contribution in [0.25, 0.3) is 27.7 Å². The van der Waals surface area contributed by atoms with Crippen LogP contribution in [0.3, 0.4) is 0 Å². The summed E-state index contributed by atoms with van der Waals surface area (Å²) in [5, 5.41) is 11.0. The number of anilines is 1. The lowest BCUT2D eigenvalue weighted by Crippen LogP contribution is -2.04. The van der Waals surface area contributed by atoms with Crippen molar-refractivity contribution >= 4 is 16.6 Å². The minimum absolute atomic E-state index is 0.973. The molecular formula is C23H21N3. The molecule has 0 bridgehead atoms. The molecule has 0 unspecified atom stereocenters. The van der Waals surface area contributed by atoms with E-state index in [1.165, 1.54) is 27.5 Å². The molecule has 1 N–H and O–H groups in total. The Morgan fingerprint density at radius 2 is 1.77 bits per heavy atom. The third-order valence-electron chi connectivity index (χ3n) is 5.26. The average molecular weight is 339 g/mol. The maximum atomic E-state index is 4.99. The molecule has 1 aromatic heterocycles. The van der Waals surface area contributed by atoms with Gasteiger partial charge < -0.3 is 5.32 Å². The lowest BCUT2D eigenvalue weighted by molar-refractivity contribution is 0.881. The molecule has 0 aliphatic carbocycles.